The molecule has 1 N–H and O–H groups in total. The van der Waals surface area contributed by atoms with Gasteiger partial charge in [-0.1, -0.05) is 62.8 Å². The molecule has 2 heterocycles. The van der Waals surface area contributed by atoms with Gasteiger partial charge in [-0.2, -0.15) is 4.58 Å². The molecule has 0 bridgehead atoms. The summed E-state index contributed by atoms with van der Waals surface area (Å²) in [5.74, 6) is -0.0176. The van der Waals surface area contributed by atoms with Crippen molar-refractivity contribution >= 4 is 40.6 Å². The van der Waals surface area contributed by atoms with E-state index in [1.807, 2.05) is 56.3 Å². The van der Waals surface area contributed by atoms with Crippen LogP contribution in [0.15, 0.2) is 89.7 Å². The lowest BCUT2D eigenvalue weighted by Crippen LogP contribution is -2.34. The average molecular weight is 603 g/mol. The van der Waals surface area contributed by atoms with Crippen molar-refractivity contribution in [3.8, 4) is 11.5 Å². The van der Waals surface area contributed by atoms with Gasteiger partial charge in [0.2, 0.25) is 5.69 Å². The highest BCUT2D eigenvalue weighted by molar-refractivity contribution is 6.24. The summed E-state index contributed by atoms with van der Waals surface area (Å²) in [7, 11) is 0. The summed E-state index contributed by atoms with van der Waals surface area (Å²) in [4.78, 5) is 27.3. The number of ketones is 1. The number of Topliss-reactive ketones (excluding diaryl/α,β-unsaturated/α-hetero) is 1. The van der Waals surface area contributed by atoms with Gasteiger partial charge in [-0.3, -0.25) is 4.79 Å². The second kappa shape index (κ2) is 11.9. The van der Waals surface area contributed by atoms with E-state index in [2.05, 4.69) is 29.4 Å². The fourth-order valence-electron chi connectivity index (χ4n) is 6.37. The number of carbonyl (C=O) groups is 2. The Morgan fingerprint density at radius 2 is 1.73 bits per heavy atom. The van der Waals surface area contributed by atoms with Gasteiger partial charge in [0.1, 0.15) is 6.54 Å². The maximum absolute atomic E-state index is 13.3. The molecular weight excluding hydrogens is 564 g/mol. The number of rotatable bonds is 10. The topological polar surface area (TPSA) is 92.9 Å². The van der Waals surface area contributed by atoms with Gasteiger partial charge in [0.15, 0.2) is 23.0 Å². The minimum absolute atomic E-state index is 0.150. The van der Waals surface area contributed by atoms with Crippen molar-refractivity contribution in [2.75, 3.05) is 18.0 Å². The minimum atomic E-state index is -0.986. The van der Waals surface area contributed by atoms with Crippen LogP contribution in [0.25, 0.3) is 6.08 Å². The van der Waals surface area contributed by atoms with Gasteiger partial charge in [-0.05, 0) is 62.2 Å². The Hall–Kier alpha value is -4.91. The molecule has 0 amide bonds. The quantitative estimate of drug-likeness (QED) is 0.192. The number of nitrogens with zero attached hydrogens (tertiary/aromatic N) is 2. The molecule has 230 valence electrons. The summed E-state index contributed by atoms with van der Waals surface area (Å²) >= 11 is 0. The van der Waals surface area contributed by atoms with Gasteiger partial charge in [0, 0.05) is 41.8 Å². The van der Waals surface area contributed by atoms with Crippen LogP contribution in [0.2, 0.25) is 0 Å². The van der Waals surface area contributed by atoms with Gasteiger partial charge >= 0.3 is 5.97 Å². The van der Waals surface area contributed by atoms with Crippen LogP contribution < -0.4 is 14.7 Å². The zero-order valence-corrected chi connectivity index (χ0v) is 26.2. The Labute approximate surface area is 264 Å². The molecule has 7 heteroatoms. The number of carbonyl (C=O) groups excluding carboxylic acids is 1. The van der Waals surface area contributed by atoms with Gasteiger partial charge in [-0.25, -0.2) is 4.79 Å². The first-order valence-electron chi connectivity index (χ1n) is 15.7. The van der Waals surface area contributed by atoms with Crippen molar-refractivity contribution in [2.45, 2.75) is 58.8 Å². The van der Waals surface area contributed by atoms with Crippen LogP contribution in [0.4, 0.5) is 17.1 Å². The molecule has 3 aromatic carbocycles. The van der Waals surface area contributed by atoms with Crippen molar-refractivity contribution in [1.82, 2.24) is 0 Å². The molecule has 0 fully saturated rings. The smallest absolute Gasteiger partial charge is 0.335 e. The van der Waals surface area contributed by atoms with Crippen molar-refractivity contribution in [3.63, 3.8) is 0 Å². The number of hydrogen-bond acceptors (Lipinski definition) is 5. The monoisotopic (exact) mass is 602 g/mol. The molecule has 0 atom stereocenters. The number of benzene rings is 3. The zero-order valence-electron chi connectivity index (χ0n) is 26.2. The Kier molecular flexibility index (Phi) is 7.96. The van der Waals surface area contributed by atoms with Crippen molar-refractivity contribution in [3.05, 3.63) is 106 Å². The molecule has 2 aliphatic heterocycles. The molecule has 0 saturated carbocycles. The van der Waals surface area contributed by atoms with Crippen LogP contribution in [0.1, 0.15) is 74.9 Å². The lowest BCUT2D eigenvalue weighted by molar-refractivity contribution is -0.438. The number of aromatic carboxylic acids is 1. The van der Waals surface area contributed by atoms with E-state index in [1.54, 1.807) is 30.4 Å². The first-order chi connectivity index (χ1) is 21.6. The highest BCUT2D eigenvalue weighted by atomic mass is 16.5. The van der Waals surface area contributed by atoms with Crippen LogP contribution in [0.5, 0.6) is 11.5 Å². The fraction of sp³-hybridized carbons (Fsp3) is 0.289. The van der Waals surface area contributed by atoms with Gasteiger partial charge < -0.3 is 19.8 Å². The number of unbranched alkanes of at least 4 members (excludes halogenated alkanes) is 2. The van der Waals surface area contributed by atoms with Crippen LogP contribution in [-0.2, 0) is 10.2 Å². The van der Waals surface area contributed by atoms with Crippen molar-refractivity contribution in [2.24, 2.45) is 0 Å². The normalized spacial score (nSPS) is 17.4. The van der Waals surface area contributed by atoms with E-state index in [4.69, 9.17) is 4.74 Å². The third-order valence-corrected chi connectivity index (χ3v) is 8.96. The number of allylic oxidation sites excluding steroid dienone is 4. The highest BCUT2D eigenvalue weighted by Gasteiger charge is 2.45. The highest BCUT2D eigenvalue weighted by Crippen LogP contribution is 2.47. The molecule has 3 aromatic rings. The largest absolute Gasteiger partial charge is 0.871 e. The molecule has 6 rings (SSSR count). The number of carboxylic acid groups (broad SMARTS) is 1. The van der Waals surface area contributed by atoms with E-state index < -0.39 is 11.4 Å². The van der Waals surface area contributed by atoms with Gasteiger partial charge in [0.05, 0.1) is 22.4 Å². The van der Waals surface area contributed by atoms with Crippen LogP contribution >= 0.6 is 0 Å². The Morgan fingerprint density at radius 3 is 2.47 bits per heavy atom. The van der Waals surface area contributed by atoms with Crippen molar-refractivity contribution < 1.29 is 29.1 Å². The summed E-state index contributed by atoms with van der Waals surface area (Å²) in [5, 5.41) is 22.9. The number of fused-ring (bicyclic) bond motifs is 3. The van der Waals surface area contributed by atoms with E-state index in [9.17, 15) is 19.8 Å². The number of ether oxygens (including phenoxy) is 1. The summed E-state index contributed by atoms with van der Waals surface area (Å²) in [6, 6.07) is 19.1. The first kappa shape index (κ1) is 30.1. The lowest BCUT2D eigenvalue weighted by Gasteiger charge is -2.33. The Balaban J connectivity index is 1.29. The van der Waals surface area contributed by atoms with Gasteiger partial charge in [-0.15, -0.1) is 0 Å². The van der Waals surface area contributed by atoms with Crippen LogP contribution in [0.3, 0.4) is 0 Å². The Morgan fingerprint density at radius 1 is 0.978 bits per heavy atom. The predicted octanol–water partition coefficient (Wildman–Crippen LogP) is 7.44. The molecular formula is C38H38N2O5. The number of anilines is 2. The molecule has 0 unspecified atom stereocenters. The summed E-state index contributed by atoms with van der Waals surface area (Å²) in [6.45, 7) is 9.89. The molecule has 7 nitrogen and oxygen atoms in total. The average Bonchev–Trinajstić information content (AvgIpc) is 3.25. The molecule has 0 spiro atoms. The second-order valence-electron chi connectivity index (χ2n) is 12.3. The molecule has 0 radical (unpaired) electrons. The molecule has 1 aliphatic carbocycles. The number of para-hydroxylation sites is 2. The van der Waals surface area contributed by atoms with E-state index in [0.717, 1.165) is 77.6 Å². The van der Waals surface area contributed by atoms with E-state index in [-0.39, 0.29) is 28.3 Å². The summed E-state index contributed by atoms with van der Waals surface area (Å²) < 4.78 is 8.37. The lowest BCUT2D eigenvalue weighted by atomic mass is 9.78. The predicted molar refractivity (Wildman–Crippen MR) is 175 cm³/mol. The van der Waals surface area contributed by atoms with Gasteiger partial charge in [0.25, 0.3) is 0 Å². The zero-order chi connectivity index (χ0) is 31.9. The maximum atomic E-state index is 13.3. The van der Waals surface area contributed by atoms with E-state index >= 15 is 0 Å². The molecule has 0 aromatic heterocycles. The van der Waals surface area contributed by atoms with Crippen LogP contribution in [0, 0.1) is 0 Å². The van der Waals surface area contributed by atoms with E-state index in [0.29, 0.717) is 6.54 Å². The molecule has 45 heavy (non-hydrogen) atoms. The Bertz CT molecular complexity index is 1840. The SMILES string of the molecule is CCCCN1c2ccccc2Oc2cc(/C=C/C3=C([O-])C(=C/C4=[N+](CCCC)c5ccc(C(=O)O)cc5C4(C)C)/C3=O)ccc21. The van der Waals surface area contributed by atoms with E-state index in [1.165, 1.54) is 0 Å². The van der Waals surface area contributed by atoms with Crippen molar-refractivity contribution in [1.29, 1.82) is 0 Å². The first-order valence-corrected chi connectivity index (χ1v) is 15.7. The third kappa shape index (κ3) is 5.26. The van der Waals surface area contributed by atoms with Crippen LogP contribution in [-0.4, -0.2) is 40.2 Å². The maximum Gasteiger partial charge on any atom is 0.335 e. The molecule has 3 aliphatic rings. The summed E-state index contributed by atoms with van der Waals surface area (Å²) in [6.07, 6.45) is 9.12. The fourth-order valence-corrected chi connectivity index (χ4v) is 6.37. The minimum Gasteiger partial charge on any atom is -0.871 e. The summed E-state index contributed by atoms with van der Waals surface area (Å²) in [5.41, 5.74) is 5.42. The second-order valence-corrected chi connectivity index (χ2v) is 12.3. The standard InChI is InChI=1S/C38H38N2O5/c1-5-7-19-39-30-11-9-10-12-32(30)45-33-21-24(14-17-31(33)39)13-16-26-35(41)27(36(26)42)23-34-38(3,4)28-22-25(37(43)44)15-18-29(28)40(34)20-8-6-2/h9-18,21-23H,5-8,19-20H2,1-4H3,(H-,41,42,43,44). The number of hydrogen-bond donors (Lipinski definition) is 1. The number of carboxylic acids is 1. The third-order valence-electron chi connectivity index (χ3n) is 8.96. The molecule has 0 saturated heterocycles.